The summed E-state index contributed by atoms with van der Waals surface area (Å²) in [5.74, 6) is 1.91. The maximum absolute atomic E-state index is 11.1. The van der Waals surface area contributed by atoms with E-state index in [2.05, 4.69) is 32.5 Å². The smallest absolute Gasteiger partial charge is 0.221 e. The molecule has 6 heteroatoms. The van der Waals surface area contributed by atoms with E-state index in [9.17, 15) is 4.79 Å². The van der Waals surface area contributed by atoms with Gasteiger partial charge in [0.05, 0.1) is 0 Å². The summed E-state index contributed by atoms with van der Waals surface area (Å²) in [6.07, 6.45) is 1.78. The number of amides is 1. The summed E-state index contributed by atoms with van der Waals surface area (Å²) in [5.41, 5.74) is 2.54. The van der Waals surface area contributed by atoms with Gasteiger partial charge in [-0.05, 0) is 24.3 Å². The van der Waals surface area contributed by atoms with Crippen LogP contribution < -0.4 is 16.0 Å². The van der Waals surface area contributed by atoms with E-state index in [-0.39, 0.29) is 5.91 Å². The van der Waals surface area contributed by atoms with Gasteiger partial charge in [-0.2, -0.15) is 0 Å². The first kappa shape index (κ1) is 18.1. The topological polar surface area (TPSA) is 78.9 Å². The minimum absolute atomic E-state index is 0.100. The van der Waals surface area contributed by atoms with Gasteiger partial charge >= 0.3 is 0 Å². The molecule has 1 amide bonds. The number of benzene rings is 2. The fraction of sp³-hybridized carbons (Fsp3) is 0.0952. The third-order valence-corrected chi connectivity index (χ3v) is 3.66. The highest BCUT2D eigenvalue weighted by Crippen LogP contribution is 2.23. The van der Waals surface area contributed by atoms with E-state index in [4.69, 9.17) is 0 Å². The molecule has 3 aromatic rings. The largest absolute Gasteiger partial charge is 0.366 e. The van der Waals surface area contributed by atoms with E-state index in [0.29, 0.717) is 24.0 Å². The summed E-state index contributed by atoms with van der Waals surface area (Å²) in [5, 5.41) is 9.23. The predicted octanol–water partition coefficient (Wildman–Crippen LogP) is 4.44. The van der Waals surface area contributed by atoms with E-state index in [0.717, 1.165) is 16.9 Å². The lowest BCUT2D eigenvalue weighted by atomic mass is 10.2. The van der Waals surface area contributed by atoms with Crippen LogP contribution in [0.1, 0.15) is 6.92 Å². The molecule has 0 unspecified atom stereocenters. The molecular weight excluding hydrogens is 338 g/mol. The summed E-state index contributed by atoms with van der Waals surface area (Å²) < 4.78 is 0. The summed E-state index contributed by atoms with van der Waals surface area (Å²) in [6.45, 7) is 5.81. The van der Waals surface area contributed by atoms with Crippen LogP contribution in [0.2, 0.25) is 0 Å². The summed E-state index contributed by atoms with van der Waals surface area (Å²) >= 11 is 0. The van der Waals surface area contributed by atoms with Gasteiger partial charge in [0, 0.05) is 36.5 Å². The Hall–Kier alpha value is -3.67. The minimum atomic E-state index is -0.100. The van der Waals surface area contributed by atoms with E-state index in [1.807, 2.05) is 60.7 Å². The third-order valence-electron chi connectivity index (χ3n) is 3.66. The van der Waals surface area contributed by atoms with Gasteiger partial charge in [-0.15, -0.1) is 6.58 Å². The molecule has 0 aliphatic rings. The third kappa shape index (κ3) is 5.15. The van der Waals surface area contributed by atoms with Crippen LogP contribution in [0.5, 0.6) is 0 Å². The van der Waals surface area contributed by atoms with Gasteiger partial charge in [0.15, 0.2) is 5.82 Å². The van der Waals surface area contributed by atoms with E-state index in [1.54, 1.807) is 6.08 Å². The molecule has 0 bridgehead atoms. The Balaban J connectivity index is 1.87. The molecule has 3 N–H and O–H groups in total. The van der Waals surface area contributed by atoms with Crippen molar-refractivity contribution in [3.05, 3.63) is 73.3 Å². The lowest BCUT2D eigenvalue weighted by Crippen LogP contribution is -2.06. The van der Waals surface area contributed by atoms with Crippen LogP contribution in [0.4, 0.5) is 23.0 Å². The van der Waals surface area contributed by atoms with Crippen LogP contribution in [-0.4, -0.2) is 22.4 Å². The molecule has 0 atom stereocenters. The average Bonchev–Trinajstić information content (AvgIpc) is 2.68. The SMILES string of the molecule is C=CCNc1cc(Nc2ccc(NC(C)=O)cc2)nc(-c2ccccc2)n1. The maximum atomic E-state index is 11.1. The molecule has 0 aliphatic heterocycles. The Morgan fingerprint density at radius 1 is 1.00 bits per heavy atom. The number of anilines is 4. The number of nitrogens with one attached hydrogen (secondary N) is 3. The summed E-state index contributed by atoms with van der Waals surface area (Å²) in [7, 11) is 0. The highest BCUT2D eigenvalue weighted by Gasteiger charge is 2.07. The van der Waals surface area contributed by atoms with E-state index in [1.165, 1.54) is 6.92 Å². The average molecular weight is 359 g/mol. The van der Waals surface area contributed by atoms with Crippen molar-refractivity contribution in [2.75, 3.05) is 22.5 Å². The molecule has 1 heterocycles. The predicted molar refractivity (Wildman–Crippen MR) is 110 cm³/mol. The van der Waals surface area contributed by atoms with Crippen molar-refractivity contribution < 1.29 is 4.79 Å². The molecule has 0 saturated heterocycles. The molecule has 6 nitrogen and oxygen atoms in total. The second kappa shape index (κ2) is 8.62. The van der Waals surface area contributed by atoms with Gasteiger partial charge < -0.3 is 16.0 Å². The van der Waals surface area contributed by atoms with Crippen molar-refractivity contribution in [3.63, 3.8) is 0 Å². The normalized spacial score (nSPS) is 10.1. The van der Waals surface area contributed by atoms with Crippen molar-refractivity contribution in [2.24, 2.45) is 0 Å². The quantitative estimate of drug-likeness (QED) is 0.543. The summed E-state index contributed by atoms with van der Waals surface area (Å²) in [4.78, 5) is 20.3. The van der Waals surface area contributed by atoms with Gasteiger partial charge in [-0.1, -0.05) is 36.4 Å². The molecule has 27 heavy (non-hydrogen) atoms. The van der Waals surface area contributed by atoms with Crippen molar-refractivity contribution >= 4 is 28.9 Å². The number of nitrogens with zero attached hydrogens (tertiary/aromatic N) is 2. The Kier molecular flexibility index (Phi) is 5.79. The van der Waals surface area contributed by atoms with Crippen LogP contribution in [-0.2, 0) is 4.79 Å². The number of aromatic nitrogens is 2. The van der Waals surface area contributed by atoms with Crippen LogP contribution in [0.15, 0.2) is 73.3 Å². The van der Waals surface area contributed by atoms with Crippen LogP contribution in [0, 0.1) is 0 Å². The lowest BCUT2D eigenvalue weighted by Gasteiger charge is -2.11. The van der Waals surface area contributed by atoms with Gasteiger partial charge in [0.2, 0.25) is 5.91 Å². The fourth-order valence-electron chi connectivity index (χ4n) is 2.48. The first-order valence-corrected chi connectivity index (χ1v) is 8.58. The number of carbonyl (C=O) groups is 1. The zero-order chi connectivity index (χ0) is 19.1. The monoisotopic (exact) mass is 359 g/mol. The van der Waals surface area contributed by atoms with Gasteiger partial charge in [0.1, 0.15) is 11.6 Å². The van der Waals surface area contributed by atoms with Crippen molar-refractivity contribution in [1.29, 1.82) is 0 Å². The first-order chi connectivity index (χ1) is 13.1. The molecule has 0 radical (unpaired) electrons. The molecule has 0 saturated carbocycles. The number of carbonyl (C=O) groups excluding carboxylic acids is 1. The second-order valence-electron chi connectivity index (χ2n) is 5.88. The van der Waals surface area contributed by atoms with Crippen molar-refractivity contribution in [2.45, 2.75) is 6.92 Å². The molecule has 1 aromatic heterocycles. The highest BCUT2D eigenvalue weighted by molar-refractivity contribution is 5.88. The highest BCUT2D eigenvalue weighted by atomic mass is 16.1. The van der Waals surface area contributed by atoms with Crippen molar-refractivity contribution in [3.8, 4) is 11.4 Å². The fourth-order valence-corrected chi connectivity index (χ4v) is 2.48. The van der Waals surface area contributed by atoms with Crippen LogP contribution in [0.3, 0.4) is 0 Å². The van der Waals surface area contributed by atoms with Crippen LogP contribution >= 0.6 is 0 Å². The number of hydrogen-bond acceptors (Lipinski definition) is 5. The Morgan fingerprint density at radius 2 is 1.67 bits per heavy atom. The molecule has 0 fully saturated rings. The van der Waals surface area contributed by atoms with Gasteiger partial charge in [0.25, 0.3) is 0 Å². The molecule has 136 valence electrons. The summed E-state index contributed by atoms with van der Waals surface area (Å²) in [6, 6.07) is 19.1. The number of hydrogen-bond donors (Lipinski definition) is 3. The second-order valence-corrected chi connectivity index (χ2v) is 5.88. The zero-order valence-electron chi connectivity index (χ0n) is 15.1. The maximum Gasteiger partial charge on any atom is 0.221 e. The zero-order valence-corrected chi connectivity index (χ0v) is 15.1. The Bertz CT molecular complexity index is 923. The number of rotatable bonds is 7. The Morgan fingerprint density at radius 3 is 2.33 bits per heavy atom. The van der Waals surface area contributed by atoms with Gasteiger partial charge in [-0.3, -0.25) is 4.79 Å². The van der Waals surface area contributed by atoms with Gasteiger partial charge in [-0.25, -0.2) is 9.97 Å². The molecule has 3 rings (SSSR count). The molecule has 2 aromatic carbocycles. The molecule has 0 aliphatic carbocycles. The first-order valence-electron chi connectivity index (χ1n) is 8.58. The lowest BCUT2D eigenvalue weighted by molar-refractivity contribution is -0.114. The van der Waals surface area contributed by atoms with Crippen molar-refractivity contribution in [1.82, 2.24) is 9.97 Å². The molecular formula is C21H21N5O. The van der Waals surface area contributed by atoms with Crippen LogP contribution in [0.25, 0.3) is 11.4 Å². The Labute approximate surface area is 158 Å². The molecule has 0 spiro atoms. The standard InChI is InChI=1S/C21H21N5O/c1-3-13-22-19-14-20(26-21(25-19)16-7-5-4-6-8-16)24-18-11-9-17(10-12-18)23-15(2)27/h3-12,14H,1,13H2,2H3,(H,23,27)(H2,22,24,25,26). The minimum Gasteiger partial charge on any atom is -0.366 e. The van der Waals surface area contributed by atoms with E-state index >= 15 is 0 Å². The van der Waals surface area contributed by atoms with E-state index < -0.39 is 0 Å².